The minimum Gasteiger partial charge on any atom is -0.493 e. The maximum atomic E-state index is 15.3. The molecule has 3 aliphatic rings. The molecule has 2 saturated carbocycles. The molecule has 3 fully saturated rings. The summed E-state index contributed by atoms with van der Waals surface area (Å²) in [4.78, 5) is 27.5. The number of carbonyl (C=O) groups excluding carboxylic acids is 2. The number of likely N-dealkylation sites (tertiary alicyclic amines) is 1. The molecule has 0 bridgehead atoms. The summed E-state index contributed by atoms with van der Waals surface area (Å²) in [5.41, 5.74) is 0.648. The first kappa shape index (κ1) is 25.0. The number of ether oxygens (including phenoxy) is 2. The van der Waals surface area contributed by atoms with Crippen molar-refractivity contribution in [3.63, 3.8) is 0 Å². The smallest absolute Gasteiger partial charge is 0.329 e. The van der Waals surface area contributed by atoms with E-state index in [4.69, 9.17) is 9.47 Å². The number of rotatable bonds is 6. The average Bonchev–Trinajstić information content (AvgIpc) is 3.45. The van der Waals surface area contributed by atoms with Crippen molar-refractivity contribution in [1.29, 1.82) is 0 Å². The third kappa shape index (κ3) is 5.92. The van der Waals surface area contributed by atoms with Crippen LogP contribution in [0.25, 0.3) is 0 Å². The van der Waals surface area contributed by atoms with Crippen molar-refractivity contribution in [3.05, 3.63) is 29.1 Å². The molecular formula is C28H40FNO4. The van der Waals surface area contributed by atoms with Crippen LogP contribution in [-0.4, -0.2) is 41.6 Å². The van der Waals surface area contributed by atoms with Crippen LogP contribution in [0.4, 0.5) is 4.39 Å². The maximum absolute atomic E-state index is 15.3. The molecule has 1 amide bonds. The summed E-state index contributed by atoms with van der Waals surface area (Å²) in [6, 6.07) is 2.41. The monoisotopic (exact) mass is 473 g/mol. The summed E-state index contributed by atoms with van der Waals surface area (Å²) in [7, 11) is 0. The predicted octanol–water partition coefficient (Wildman–Crippen LogP) is 6.24. The van der Waals surface area contributed by atoms with Crippen LogP contribution in [0.3, 0.4) is 0 Å². The molecule has 34 heavy (non-hydrogen) atoms. The van der Waals surface area contributed by atoms with Gasteiger partial charge >= 0.3 is 5.97 Å². The Kier molecular flexibility index (Phi) is 6.99. The molecule has 1 saturated heterocycles. The second-order valence-electron chi connectivity index (χ2n) is 12.3. The standard InChI is InChI=1S/C28H40FNO4/c1-27(2,3)34-26(32)23-9-7-13-30(23)25(31)21-14-20(19-10-11-19)24(15-22(21)29)33-17-18-8-6-12-28(4,5)16-18/h14-15,18-19,23H,6-13,16-17H2,1-5H3/t18?,23-/m0/s1. The molecule has 6 heteroatoms. The van der Waals surface area contributed by atoms with Gasteiger partial charge in [0.25, 0.3) is 5.91 Å². The van der Waals surface area contributed by atoms with E-state index in [-0.39, 0.29) is 5.56 Å². The lowest BCUT2D eigenvalue weighted by Crippen LogP contribution is -2.43. The fourth-order valence-electron chi connectivity index (χ4n) is 5.56. The third-order valence-corrected chi connectivity index (χ3v) is 7.32. The number of hydrogen-bond donors (Lipinski definition) is 0. The zero-order valence-corrected chi connectivity index (χ0v) is 21.4. The molecule has 188 valence electrons. The first-order chi connectivity index (χ1) is 15.9. The van der Waals surface area contributed by atoms with E-state index in [0.29, 0.717) is 49.0 Å². The highest BCUT2D eigenvalue weighted by Gasteiger charge is 2.39. The van der Waals surface area contributed by atoms with Gasteiger partial charge in [-0.05, 0) is 94.6 Å². The lowest BCUT2D eigenvalue weighted by molar-refractivity contribution is -0.159. The van der Waals surface area contributed by atoms with Gasteiger partial charge in [0.1, 0.15) is 23.2 Å². The topological polar surface area (TPSA) is 55.8 Å². The van der Waals surface area contributed by atoms with Crippen LogP contribution >= 0.6 is 0 Å². The van der Waals surface area contributed by atoms with Crippen molar-refractivity contribution in [2.24, 2.45) is 11.3 Å². The van der Waals surface area contributed by atoms with Crippen molar-refractivity contribution < 1.29 is 23.5 Å². The van der Waals surface area contributed by atoms with Crippen LogP contribution in [0.5, 0.6) is 5.75 Å². The third-order valence-electron chi connectivity index (χ3n) is 7.32. The number of halogens is 1. The van der Waals surface area contributed by atoms with Gasteiger partial charge in [0.15, 0.2) is 0 Å². The highest BCUT2D eigenvalue weighted by molar-refractivity contribution is 5.98. The molecule has 5 nitrogen and oxygen atoms in total. The number of nitrogens with zero attached hydrogens (tertiary/aromatic N) is 1. The second-order valence-corrected chi connectivity index (χ2v) is 12.3. The molecular weight excluding hydrogens is 433 g/mol. The minimum atomic E-state index is -0.666. The lowest BCUT2D eigenvalue weighted by atomic mass is 9.72. The molecule has 2 aliphatic carbocycles. The van der Waals surface area contributed by atoms with E-state index in [0.717, 1.165) is 31.2 Å². The van der Waals surface area contributed by atoms with Crippen molar-refractivity contribution in [3.8, 4) is 5.75 Å². The fourth-order valence-corrected chi connectivity index (χ4v) is 5.56. The lowest BCUT2D eigenvalue weighted by Gasteiger charge is -2.35. The average molecular weight is 474 g/mol. The first-order valence-corrected chi connectivity index (χ1v) is 12.9. The Morgan fingerprint density at radius 3 is 2.50 bits per heavy atom. The predicted molar refractivity (Wildman–Crippen MR) is 130 cm³/mol. The summed E-state index contributed by atoms with van der Waals surface area (Å²) in [6.07, 6.45) is 7.99. The number of amides is 1. The number of carbonyl (C=O) groups is 2. The zero-order valence-electron chi connectivity index (χ0n) is 21.4. The fraction of sp³-hybridized carbons (Fsp3) is 0.714. The minimum absolute atomic E-state index is 0.0310. The molecule has 0 radical (unpaired) electrons. The van der Waals surface area contributed by atoms with Crippen molar-refractivity contribution in [2.75, 3.05) is 13.2 Å². The Morgan fingerprint density at radius 1 is 1.12 bits per heavy atom. The van der Waals surface area contributed by atoms with Crippen LogP contribution in [0, 0.1) is 17.2 Å². The molecule has 1 heterocycles. The molecule has 2 atom stereocenters. The van der Waals surface area contributed by atoms with Gasteiger partial charge in [-0.25, -0.2) is 9.18 Å². The molecule has 4 rings (SSSR count). The number of benzene rings is 1. The largest absolute Gasteiger partial charge is 0.493 e. The Bertz CT molecular complexity index is 931. The highest BCUT2D eigenvalue weighted by Crippen LogP contribution is 2.46. The van der Waals surface area contributed by atoms with Gasteiger partial charge in [-0.2, -0.15) is 0 Å². The quantitative estimate of drug-likeness (QED) is 0.459. The number of esters is 1. The van der Waals surface area contributed by atoms with E-state index in [1.165, 1.54) is 23.8 Å². The van der Waals surface area contributed by atoms with Gasteiger partial charge in [-0.15, -0.1) is 0 Å². The summed E-state index contributed by atoms with van der Waals surface area (Å²) in [5, 5.41) is 0. The first-order valence-electron chi connectivity index (χ1n) is 12.9. The van der Waals surface area contributed by atoms with E-state index in [1.54, 1.807) is 26.8 Å². The molecule has 0 N–H and O–H groups in total. The van der Waals surface area contributed by atoms with Crippen molar-refractivity contribution >= 4 is 11.9 Å². The van der Waals surface area contributed by atoms with Gasteiger partial charge in [0.05, 0.1) is 12.2 Å². The maximum Gasteiger partial charge on any atom is 0.329 e. The highest BCUT2D eigenvalue weighted by atomic mass is 19.1. The van der Waals surface area contributed by atoms with E-state index in [9.17, 15) is 9.59 Å². The van der Waals surface area contributed by atoms with E-state index in [1.807, 2.05) is 0 Å². The molecule has 0 aromatic heterocycles. The molecule has 1 aromatic carbocycles. The Balaban J connectivity index is 1.51. The Labute approximate surface area is 203 Å². The SMILES string of the molecule is CC1(C)CCCC(COc2cc(F)c(C(=O)N3CCC[C@H]3C(=O)OC(C)(C)C)cc2C2CC2)C1. The van der Waals surface area contributed by atoms with Crippen LogP contribution in [-0.2, 0) is 9.53 Å². The van der Waals surface area contributed by atoms with Gasteiger partial charge in [0, 0.05) is 12.6 Å². The Morgan fingerprint density at radius 2 is 1.85 bits per heavy atom. The van der Waals surface area contributed by atoms with Gasteiger partial charge in [-0.3, -0.25) is 4.79 Å². The molecule has 1 aromatic rings. The van der Waals surface area contributed by atoms with Crippen LogP contribution < -0.4 is 4.74 Å². The summed E-state index contributed by atoms with van der Waals surface area (Å²) < 4.78 is 27.0. The summed E-state index contributed by atoms with van der Waals surface area (Å²) >= 11 is 0. The molecule has 1 aliphatic heterocycles. The summed E-state index contributed by atoms with van der Waals surface area (Å²) in [5.74, 6) is -0.0809. The number of hydrogen-bond acceptors (Lipinski definition) is 4. The van der Waals surface area contributed by atoms with E-state index < -0.39 is 29.3 Å². The Hall–Kier alpha value is -2.11. The molecule has 0 spiro atoms. The van der Waals surface area contributed by atoms with E-state index >= 15 is 4.39 Å². The van der Waals surface area contributed by atoms with Crippen molar-refractivity contribution in [2.45, 2.75) is 104 Å². The second kappa shape index (κ2) is 9.50. The van der Waals surface area contributed by atoms with Gasteiger partial charge < -0.3 is 14.4 Å². The van der Waals surface area contributed by atoms with Crippen LogP contribution in [0.15, 0.2) is 12.1 Å². The normalized spacial score (nSPS) is 24.7. The van der Waals surface area contributed by atoms with Crippen LogP contribution in [0.1, 0.15) is 108 Å². The van der Waals surface area contributed by atoms with E-state index in [2.05, 4.69) is 13.8 Å². The summed E-state index contributed by atoms with van der Waals surface area (Å²) in [6.45, 7) is 11.0. The van der Waals surface area contributed by atoms with Crippen LogP contribution in [0.2, 0.25) is 0 Å². The van der Waals surface area contributed by atoms with Crippen molar-refractivity contribution in [1.82, 2.24) is 4.90 Å². The van der Waals surface area contributed by atoms with Gasteiger partial charge in [0.2, 0.25) is 0 Å². The zero-order chi connectivity index (χ0) is 24.7. The molecule has 1 unspecified atom stereocenters. The van der Waals surface area contributed by atoms with Gasteiger partial charge in [-0.1, -0.05) is 20.3 Å².